The lowest BCUT2D eigenvalue weighted by Crippen LogP contribution is -2.30. The number of nitrogens with two attached hydrogens (primary N) is 1. The van der Waals surface area contributed by atoms with Gasteiger partial charge in [0.1, 0.15) is 0 Å². The normalized spacial score (nSPS) is 13.7. The van der Waals surface area contributed by atoms with Gasteiger partial charge in [-0.1, -0.05) is 41.0 Å². The lowest BCUT2D eigenvalue weighted by molar-refractivity contribution is -0.137. The van der Waals surface area contributed by atoms with Crippen LogP contribution in [-0.4, -0.2) is 67.1 Å². The van der Waals surface area contributed by atoms with Gasteiger partial charge in [-0.2, -0.15) is 23.4 Å². The van der Waals surface area contributed by atoms with Crippen molar-refractivity contribution < 1.29 is 37.4 Å². The highest BCUT2D eigenvalue weighted by molar-refractivity contribution is 5.87. The van der Waals surface area contributed by atoms with Crippen LogP contribution in [0, 0.1) is 20.8 Å². The largest absolute Gasteiger partial charge is 0.476 e. The molecule has 54 heavy (non-hydrogen) atoms. The van der Waals surface area contributed by atoms with Gasteiger partial charge in [0.05, 0.1) is 30.1 Å². The molecule has 0 fully saturated rings. The molecule has 2 aromatic heterocycles. The van der Waals surface area contributed by atoms with Crippen LogP contribution in [0.1, 0.15) is 91.9 Å². The summed E-state index contributed by atoms with van der Waals surface area (Å²) in [7, 11) is 0. The van der Waals surface area contributed by atoms with Gasteiger partial charge < -0.3 is 25.8 Å². The number of hydrogen-bond acceptors (Lipinski definition) is 8. The van der Waals surface area contributed by atoms with E-state index >= 15 is 0 Å². The van der Waals surface area contributed by atoms with Gasteiger partial charge in [-0.25, -0.2) is 9.59 Å². The van der Waals surface area contributed by atoms with Crippen molar-refractivity contribution in [3.63, 3.8) is 0 Å². The highest BCUT2D eigenvalue weighted by atomic mass is 35.5. The molecule has 4 aromatic rings. The number of nitrogens with one attached hydrogen (secondary N) is 1. The number of carbonyl (C=O) groups is 3. The zero-order valence-electron chi connectivity index (χ0n) is 31.0. The Hall–Kier alpha value is -4.73. The molecule has 0 bridgehead atoms. The number of alkyl halides is 3. The number of aromatic nitrogens is 4. The first kappa shape index (κ1) is 43.7. The number of carboxylic acid groups (broad SMARTS) is 1. The van der Waals surface area contributed by atoms with Crippen LogP contribution in [0.2, 0.25) is 0 Å². The van der Waals surface area contributed by atoms with Crippen LogP contribution in [0.5, 0.6) is 0 Å². The maximum Gasteiger partial charge on any atom is 0.416 e. The molecule has 0 saturated carbocycles. The molecule has 16 heteroatoms. The van der Waals surface area contributed by atoms with Gasteiger partial charge in [-0.15, -0.1) is 12.4 Å². The standard InChI is InChI=1S/C19H23N3O3.C10H15N3O2.C9H10F3N.ClH/c1-13-8-14(2)10-15(9-13)4-5-18(23)21-6-3-7-22-16(12-21)11-17(20-22)19(24)25;1-2-15-10(14)9-6-8-7-11-4-3-5-13(8)12-9;1-6-2-7(5-13)4-8(3-6)9(10,11)12;/h8-11H,3-7,12H2,1-2H3,(H,24,25);6,11H,2-5,7H2,1H3;2-4H,5,13H2,1H3;1H. The number of rotatable bonds is 7. The van der Waals surface area contributed by atoms with Crippen LogP contribution in [-0.2, 0) is 54.9 Å². The molecule has 0 unspecified atom stereocenters. The fraction of sp³-hybridized carbons (Fsp3) is 0.447. The minimum atomic E-state index is -4.28. The lowest BCUT2D eigenvalue weighted by Gasteiger charge is -2.20. The third kappa shape index (κ3) is 12.7. The van der Waals surface area contributed by atoms with Crippen LogP contribution in [0.3, 0.4) is 0 Å². The van der Waals surface area contributed by atoms with Gasteiger partial charge in [0, 0.05) is 39.1 Å². The van der Waals surface area contributed by atoms with Gasteiger partial charge >= 0.3 is 18.1 Å². The Balaban J connectivity index is 0.000000232. The van der Waals surface area contributed by atoms with Gasteiger partial charge in [0.15, 0.2) is 11.4 Å². The molecule has 12 nitrogen and oxygen atoms in total. The molecule has 2 aliphatic heterocycles. The predicted octanol–water partition coefficient (Wildman–Crippen LogP) is 6.01. The van der Waals surface area contributed by atoms with Crippen LogP contribution in [0.15, 0.2) is 48.5 Å². The van der Waals surface area contributed by atoms with Crippen molar-refractivity contribution in [1.29, 1.82) is 0 Å². The molecule has 0 spiro atoms. The summed E-state index contributed by atoms with van der Waals surface area (Å²) in [5, 5.41) is 20.7. The van der Waals surface area contributed by atoms with Crippen LogP contribution >= 0.6 is 12.4 Å². The highest BCUT2D eigenvalue weighted by Crippen LogP contribution is 2.30. The molecule has 0 saturated heterocycles. The van der Waals surface area contributed by atoms with Crippen LogP contribution < -0.4 is 11.1 Å². The summed E-state index contributed by atoms with van der Waals surface area (Å²) >= 11 is 0. The predicted molar refractivity (Wildman–Crippen MR) is 199 cm³/mol. The summed E-state index contributed by atoms with van der Waals surface area (Å²) in [5.41, 5.74) is 11.6. The molecular weight excluding hydrogens is 727 g/mol. The van der Waals surface area contributed by atoms with E-state index < -0.39 is 17.7 Å². The fourth-order valence-corrected chi connectivity index (χ4v) is 6.21. The van der Waals surface area contributed by atoms with Crippen molar-refractivity contribution in [1.82, 2.24) is 29.8 Å². The molecule has 1 amide bonds. The van der Waals surface area contributed by atoms with E-state index in [-0.39, 0.29) is 36.5 Å². The maximum atomic E-state index is 12.6. The summed E-state index contributed by atoms with van der Waals surface area (Å²) in [6, 6.07) is 13.6. The Morgan fingerprint density at radius 3 is 2.11 bits per heavy atom. The van der Waals surface area contributed by atoms with E-state index in [0.29, 0.717) is 49.5 Å². The number of carboxylic acids is 1. The summed E-state index contributed by atoms with van der Waals surface area (Å²) in [6.07, 6.45) is -1.28. The van der Waals surface area contributed by atoms with Gasteiger partial charge in [-0.3, -0.25) is 14.2 Å². The summed E-state index contributed by atoms with van der Waals surface area (Å²) in [6.45, 7) is 12.4. The molecular formula is C38H49ClF3N7O5. The number of aromatic carboxylic acids is 1. The Kier molecular flexibility index (Phi) is 16.2. The van der Waals surface area contributed by atoms with Crippen molar-refractivity contribution in [3.05, 3.63) is 105 Å². The minimum Gasteiger partial charge on any atom is -0.476 e. The fourth-order valence-electron chi connectivity index (χ4n) is 6.21. The number of aryl methyl sites for hydroxylation is 6. The second-order valence-electron chi connectivity index (χ2n) is 13.1. The highest BCUT2D eigenvalue weighted by Gasteiger charge is 2.30. The second-order valence-corrected chi connectivity index (χ2v) is 13.1. The SMILES string of the molecule is CCOC(=O)c1cc2n(n1)CCCNC2.Cc1cc(C)cc(CCC(=O)N2CCCn3nc(C(=O)O)cc3C2)c1.Cc1cc(CN)cc(C(F)(F)F)c1.Cl. The zero-order chi connectivity index (χ0) is 38.7. The number of ether oxygens (including phenoxy) is 1. The number of benzene rings is 2. The van der Waals surface area contributed by atoms with Gasteiger partial charge in [0.2, 0.25) is 5.91 Å². The summed E-state index contributed by atoms with van der Waals surface area (Å²) in [4.78, 5) is 36.9. The summed E-state index contributed by atoms with van der Waals surface area (Å²) < 4.78 is 45.2. The third-order valence-electron chi connectivity index (χ3n) is 8.57. The van der Waals surface area contributed by atoms with E-state index in [9.17, 15) is 27.6 Å². The average molecular weight is 776 g/mol. The molecule has 2 aromatic carbocycles. The van der Waals surface area contributed by atoms with Crippen molar-refractivity contribution in [2.75, 3.05) is 19.7 Å². The van der Waals surface area contributed by atoms with E-state index in [4.69, 9.17) is 15.6 Å². The monoisotopic (exact) mass is 775 g/mol. The Labute approximate surface area is 319 Å². The maximum absolute atomic E-state index is 12.6. The van der Waals surface area contributed by atoms with E-state index in [0.717, 1.165) is 62.4 Å². The molecule has 0 radical (unpaired) electrons. The molecule has 4 heterocycles. The Morgan fingerprint density at radius 1 is 0.852 bits per heavy atom. The molecule has 4 N–H and O–H groups in total. The first-order chi connectivity index (χ1) is 25.2. The molecule has 0 atom stereocenters. The Morgan fingerprint density at radius 2 is 1.46 bits per heavy atom. The van der Waals surface area contributed by atoms with Crippen molar-refractivity contribution >= 4 is 30.3 Å². The van der Waals surface area contributed by atoms with Crippen molar-refractivity contribution in [2.45, 2.75) is 92.3 Å². The van der Waals surface area contributed by atoms with Crippen molar-refractivity contribution in [3.8, 4) is 0 Å². The molecule has 0 aliphatic carbocycles. The van der Waals surface area contributed by atoms with Gasteiger partial charge in [-0.05, 0) is 88.9 Å². The smallest absolute Gasteiger partial charge is 0.416 e. The Bertz CT molecular complexity index is 1850. The van der Waals surface area contributed by atoms with Crippen LogP contribution in [0.4, 0.5) is 13.2 Å². The number of amides is 1. The molecule has 2 aliphatic rings. The number of nitrogens with zero attached hydrogens (tertiary/aromatic N) is 5. The van der Waals surface area contributed by atoms with E-state index in [1.54, 1.807) is 36.7 Å². The first-order valence-electron chi connectivity index (χ1n) is 17.6. The third-order valence-corrected chi connectivity index (χ3v) is 8.57. The topological polar surface area (TPSA) is 158 Å². The number of halogens is 4. The number of fused-ring (bicyclic) bond motifs is 2. The van der Waals surface area contributed by atoms with E-state index in [2.05, 4.69) is 47.6 Å². The zero-order valence-corrected chi connectivity index (χ0v) is 31.9. The van der Waals surface area contributed by atoms with Crippen LogP contribution in [0.25, 0.3) is 0 Å². The first-order valence-corrected chi connectivity index (χ1v) is 17.6. The van der Waals surface area contributed by atoms with E-state index in [1.807, 2.05) is 9.58 Å². The quantitative estimate of drug-likeness (QED) is 0.191. The summed E-state index contributed by atoms with van der Waals surface area (Å²) in [5.74, 6) is -1.27. The molecule has 6 rings (SSSR count). The van der Waals surface area contributed by atoms with Gasteiger partial charge in [0.25, 0.3) is 0 Å². The molecule has 294 valence electrons. The van der Waals surface area contributed by atoms with E-state index in [1.165, 1.54) is 16.7 Å². The second kappa shape index (κ2) is 20.1. The lowest BCUT2D eigenvalue weighted by atomic mass is 10.0. The van der Waals surface area contributed by atoms with Crippen molar-refractivity contribution in [2.24, 2.45) is 5.73 Å². The number of esters is 1. The number of carbonyl (C=O) groups excluding carboxylic acids is 2. The average Bonchev–Trinajstić information content (AvgIpc) is 3.56. The minimum absolute atomic E-state index is 0. The number of hydrogen-bond donors (Lipinski definition) is 3.